The summed E-state index contributed by atoms with van der Waals surface area (Å²) in [5.41, 5.74) is 4.72. The zero-order chi connectivity index (χ0) is 24.1. The largest absolute Gasteiger partial charge is 0.480 e. The van der Waals surface area contributed by atoms with Crippen molar-refractivity contribution in [3.05, 3.63) is 59.7 Å². The van der Waals surface area contributed by atoms with Crippen molar-refractivity contribution in [1.29, 1.82) is 0 Å². The highest BCUT2D eigenvalue weighted by Crippen LogP contribution is 2.44. The Kier molecular flexibility index (Phi) is 7.50. The Balaban J connectivity index is 1.20. The zero-order valence-electron chi connectivity index (χ0n) is 19.5. The number of nitrogens with one attached hydrogen (secondary N) is 2. The minimum absolute atomic E-state index is 0.0193. The molecule has 2 aliphatic rings. The number of carboxylic acid groups (broad SMARTS) is 1. The number of fused-ring (bicyclic) bond motifs is 3. The summed E-state index contributed by atoms with van der Waals surface area (Å²) in [5, 5.41) is 14.8. The molecule has 0 saturated heterocycles. The average Bonchev–Trinajstić information content (AvgIpc) is 3.12. The quantitative estimate of drug-likeness (QED) is 0.482. The van der Waals surface area contributed by atoms with Crippen LogP contribution in [0.3, 0.4) is 0 Å². The van der Waals surface area contributed by atoms with Gasteiger partial charge in [0.15, 0.2) is 0 Å². The van der Waals surface area contributed by atoms with Crippen molar-refractivity contribution in [2.24, 2.45) is 5.92 Å². The molecule has 1 saturated carbocycles. The fourth-order valence-electron chi connectivity index (χ4n) is 5.01. The number of benzene rings is 2. The summed E-state index contributed by atoms with van der Waals surface area (Å²) >= 11 is 0. The van der Waals surface area contributed by atoms with Crippen LogP contribution in [0.5, 0.6) is 0 Å². The van der Waals surface area contributed by atoms with Crippen LogP contribution in [0.15, 0.2) is 48.5 Å². The van der Waals surface area contributed by atoms with Crippen LogP contribution in [-0.2, 0) is 14.3 Å². The summed E-state index contributed by atoms with van der Waals surface area (Å²) in [6.07, 6.45) is 3.28. The third kappa shape index (κ3) is 5.41. The lowest BCUT2D eigenvalue weighted by Gasteiger charge is -2.35. The molecule has 4 rings (SSSR count). The predicted octanol–water partition coefficient (Wildman–Crippen LogP) is 4.45. The first-order valence-electron chi connectivity index (χ1n) is 12.1. The second-order valence-corrected chi connectivity index (χ2v) is 9.31. The van der Waals surface area contributed by atoms with E-state index in [1.165, 1.54) is 22.3 Å². The normalized spacial score (nSPS) is 19.3. The van der Waals surface area contributed by atoms with Crippen LogP contribution in [0.1, 0.15) is 62.5 Å². The molecule has 2 aromatic rings. The lowest BCUT2D eigenvalue weighted by Crippen LogP contribution is -2.47. The number of hydrogen-bond acceptors (Lipinski definition) is 4. The van der Waals surface area contributed by atoms with Crippen LogP contribution >= 0.6 is 0 Å². The van der Waals surface area contributed by atoms with Crippen LogP contribution in [0.25, 0.3) is 11.1 Å². The smallest absolute Gasteiger partial charge is 0.407 e. The van der Waals surface area contributed by atoms with Crippen LogP contribution in [-0.4, -0.2) is 41.8 Å². The van der Waals surface area contributed by atoms with Gasteiger partial charge in [-0.1, -0.05) is 68.3 Å². The predicted molar refractivity (Wildman–Crippen MR) is 128 cm³/mol. The maximum Gasteiger partial charge on any atom is 0.407 e. The van der Waals surface area contributed by atoms with E-state index in [-0.39, 0.29) is 36.8 Å². The molecule has 2 aromatic carbocycles. The Labute approximate surface area is 199 Å². The monoisotopic (exact) mass is 464 g/mol. The Hall–Kier alpha value is -3.35. The van der Waals surface area contributed by atoms with E-state index in [9.17, 15) is 19.5 Å². The van der Waals surface area contributed by atoms with Crippen molar-refractivity contribution in [3.63, 3.8) is 0 Å². The van der Waals surface area contributed by atoms with Crippen molar-refractivity contribution in [2.45, 2.75) is 63.5 Å². The van der Waals surface area contributed by atoms with Gasteiger partial charge in [0.1, 0.15) is 12.6 Å². The molecular formula is C27H32N2O5. The van der Waals surface area contributed by atoms with Gasteiger partial charge in [0.2, 0.25) is 5.91 Å². The SMILES string of the molecule is CCCCC(NC(=O)CC1CC(NC(=O)OCC2c3ccccc3-c3ccccc32)C1)C(=O)O. The van der Waals surface area contributed by atoms with E-state index in [0.717, 1.165) is 12.8 Å². The highest BCUT2D eigenvalue weighted by molar-refractivity contribution is 5.83. The minimum Gasteiger partial charge on any atom is -0.480 e. The number of carbonyl (C=O) groups excluding carboxylic acids is 2. The van der Waals surface area contributed by atoms with Crippen molar-refractivity contribution in [2.75, 3.05) is 6.61 Å². The van der Waals surface area contributed by atoms with E-state index in [4.69, 9.17) is 4.74 Å². The second kappa shape index (κ2) is 10.7. The average molecular weight is 465 g/mol. The summed E-state index contributed by atoms with van der Waals surface area (Å²) in [4.78, 5) is 35.9. The van der Waals surface area contributed by atoms with Gasteiger partial charge in [-0.3, -0.25) is 4.79 Å². The summed E-state index contributed by atoms with van der Waals surface area (Å²) < 4.78 is 5.58. The van der Waals surface area contributed by atoms with Crippen molar-refractivity contribution >= 4 is 18.0 Å². The van der Waals surface area contributed by atoms with E-state index >= 15 is 0 Å². The number of carboxylic acids is 1. The molecule has 0 spiro atoms. The second-order valence-electron chi connectivity index (χ2n) is 9.31. The third-order valence-corrected chi connectivity index (χ3v) is 6.86. The summed E-state index contributed by atoms with van der Waals surface area (Å²) in [7, 11) is 0. The Morgan fingerprint density at radius 1 is 1.03 bits per heavy atom. The number of alkyl carbamates (subject to hydrolysis) is 1. The van der Waals surface area contributed by atoms with Gasteiger partial charge in [-0.2, -0.15) is 0 Å². The first-order chi connectivity index (χ1) is 16.5. The number of unbranched alkanes of at least 4 members (excludes halogenated alkanes) is 1. The molecule has 0 radical (unpaired) electrons. The maximum absolute atomic E-state index is 12.4. The van der Waals surface area contributed by atoms with Gasteiger partial charge in [-0.15, -0.1) is 0 Å². The number of ether oxygens (including phenoxy) is 1. The molecule has 0 aromatic heterocycles. The van der Waals surface area contributed by atoms with E-state index in [1.807, 2.05) is 31.2 Å². The van der Waals surface area contributed by atoms with Gasteiger partial charge in [-0.25, -0.2) is 9.59 Å². The maximum atomic E-state index is 12.4. The molecule has 2 amide bonds. The lowest BCUT2D eigenvalue weighted by molar-refractivity contribution is -0.142. The summed E-state index contributed by atoms with van der Waals surface area (Å²) in [6, 6.07) is 15.6. The summed E-state index contributed by atoms with van der Waals surface area (Å²) in [6.45, 7) is 2.26. The molecule has 1 fully saturated rings. The van der Waals surface area contributed by atoms with Crippen LogP contribution in [0, 0.1) is 5.92 Å². The number of hydrogen-bond donors (Lipinski definition) is 3. The molecule has 0 bridgehead atoms. The molecule has 1 unspecified atom stereocenters. The van der Waals surface area contributed by atoms with Crippen molar-refractivity contribution in [1.82, 2.24) is 10.6 Å². The third-order valence-electron chi connectivity index (χ3n) is 6.86. The molecule has 7 nitrogen and oxygen atoms in total. The Bertz CT molecular complexity index is 1000. The number of rotatable bonds is 10. The number of aliphatic carboxylic acids is 1. The van der Waals surface area contributed by atoms with Crippen molar-refractivity contribution < 1.29 is 24.2 Å². The van der Waals surface area contributed by atoms with E-state index in [2.05, 4.69) is 34.9 Å². The Morgan fingerprint density at radius 3 is 2.24 bits per heavy atom. The molecule has 34 heavy (non-hydrogen) atoms. The molecule has 0 aliphatic heterocycles. The molecule has 1 atom stereocenters. The fraction of sp³-hybridized carbons (Fsp3) is 0.444. The molecule has 2 aliphatic carbocycles. The lowest BCUT2D eigenvalue weighted by atomic mass is 9.78. The highest BCUT2D eigenvalue weighted by atomic mass is 16.5. The number of carbonyl (C=O) groups is 3. The first kappa shape index (κ1) is 23.8. The van der Waals surface area contributed by atoms with Gasteiger partial charge < -0.3 is 20.5 Å². The van der Waals surface area contributed by atoms with E-state index in [1.54, 1.807) is 0 Å². The van der Waals surface area contributed by atoms with Crippen LogP contribution < -0.4 is 10.6 Å². The minimum atomic E-state index is -0.995. The van der Waals surface area contributed by atoms with Gasteiger partial charge in [0, 0.05) is 18.4 Å². The molecule has 3 N–H and O–H groups in total. The topological polar surface area (TPSA) is 105 Å². The van der Waals surface area contributed by atoms with Gasteiger partial charge >= 0.3 is 12.1 Å². The van der Waals surface area contributed by atoms with Gasteiger partial charge in [-0.05, 0) is 47.4 Å². The zero-order valence-corrected chi connectivity index (χ0v) is 19.5. The molecule has 7 heteroatoms. The molecule has 0 heterocycles. The molecular weight excluding hydrogens is 432 g/mol. The first-order valence-corrected chi connectivity index (χ1v) is 12.1. The fourth-order valence-corrected chi connectivity index (χ4v) is 5.01. The van der Waals surface area contributed by atoms with E-state index in [0.29, 0.717) is 19.3 Å². The highest BCUT2D eigenvalue weighted by Gasteiger charge is 2.34. The van der Waals surface area contributed by atoms with Crippen LogP contribution in [0.4, 0.5) is 4.79 Å². The van der Waals surface area contributed by atoms with E-state index < -0.39 is 18.1 Å². The van der Waals surface area contributed by atoms with Crippen molar-refractivity contribution in [3.8, 4) is 11.1 Å². The van der Waals surface area contributed by atoms with Gasteiger partial charge in [0.05, 0.1) is 0 Å². The van der Waals surface area contributed by atoms with Gasteiger partial charge in [0.25, 0.3) is 0 Å². The van der Waals surface area contributed by atoms with Crippen LogP contribution in [0.2, 0.25) is 0 Å². The Morgan fingerprint density at radius 2 is 1.65 bits per heavy atom. The standard InChI is InChI=1S/C27H32N2O5/c1-2-3-12-24(26(31)32)29-25(30)15-17-13-18(14-17)28-27(33)34-16-23-21-10-6-4-8-19(21)20-9-5-7-11-22(20)23/h4-11,17-18,23-24H,2-3,12-16H2,1H3,(H,28,33)(H,29,30)(H,31,32). The number of amides is 2. The molecule has 180 valence electrons. The summed E-state index contributed by atoms with van der Waals surface area (Å²) in [5.74, 6) is -1.08.